The van der Waals surface area contributed by atoms with E-state index in [0.717, 1.165) is 21.0 Å². The largest absolute Gasteiger partial charge is 0.442 e. The maximum atomic E-state index is 12.4. The Labute approximate surface area is 132 Å². The third-order valence-electron chi connectivity index (χ3n) is 3.51. The Kier molecular flexibility index (Phi) is 3.81. The second kappa shape index (κ2) is 5.77. The molecule has 0 atom stereocenters. The molecule has 1 N–H and O–H groups in total. The molecule has 5 heteroatoms. The zero-order valence-electron chi connectivity index (χ0n) is 12.6. The number of aromatic nitrogens is 1. The molecule has 2 aromatic heterocycles. The van der Waals surface area contributed by atoms with Gasteiger partial charge in [0.2, 0.25) is 0 Å². The number of carbonyl (C=O) groups excluding carboxylic acids is 1. The van der Waals surface area contributed by atoms with Gasteiger partial charge in [0.15, 0.2) is 17.8 Å². The van der Waals surface area contributed by atoms with Crippen LogP contribution in [0.4, 0.5) is 5.69 Å². The number of nitrogens with zero attached hydrogens (tertiary/aromatic N) is 1. The smallest absolute Gasteiger partial charge is 0.278 e. The molecule has 2 heterocycles. The SMILES string of the molecule is Cc1ccc(-c2ocnc2C(=O)Nc2ccc(C)c(C)c2)s1. The summed E-state index contributed by atoms with van der Waals surface area (Å²) in [5.41, 5.74) is 3.38. The van der Waals surface area contributed by atoms with Gasteiger partial charge in [0.25, 0.3) is 5.91 Å². The average Bonchev–Trinajstić information content (AvgIpc) is 3.11. The van der Waals surface area contributed by atoms with Crippen LogP contribution in [0.25, 0.3) is 10.6 Å². The lowest BCUT2D eigenvalue weighted by molar-refractivity contribution is 0.102. The first-order valence-electron chi connectivity index (χ1n) is 6.93. The van der Waals surface area contributed by atoms with E-state index in [2.05, 4.69) is 10.3 Å². The average molecular weight is 312 g/mol. The fraction of sp³-hybridized carbons (Fsp3) is 0.176. The van der Waals surface area contributed by atoms with E-state index in [-0.39, 0.29) is 5.91 Å². The summed E-state index contributed by atoms with van der Waals surface area (Å²) in [7, 11) is 0. The van der Waals surface area contributed by atoms with Gasteiger partial charge >= 0.3 is 0 Å². The van der Waals surface area contributed by atoms with E-state index in [1.54, 1.807) is 11.3 Å². The van der Waals surface area contributed by atoms with Gasteiger partial charge < -0.3 is 9.73 Å². The van der Waals surface area contributed by atoms with E-state index in [1.807, 2.05) is 51.1 Å². The Bertz CT molecular complexity index is 833. The summed E-state index contributed by atoms with van der Waals surface area (Å²) in [5.74, 6) is 0.248. The van der Waals surface area contributed by atoms with E-state index >= 15 is 0 Å². The summed E-state index contributed by atoms with van der Waals surface area (Å²) in [6, 6.07) is 9.75. The Morgan fingerprint density at radius 2 is 1.95 bits per heavy atom. The van der Waals surface area contributed by atoms with Crippen LogP contribution in [0.3, 0.4) is 0 Å². The monoisotopic (exact) mass is 312 g/mol. The molecule has 22 heavy (non-hydrogen) atoms. The summed E-state index contributed by atoms with van der Waals surface area (Å²) in [6.07, 6.45) is 1.31. The second-order valence-electron chi connectivity index (χ2n) is 5.19. The van der Waals surface area contributed by atoms with Crippen LogP contribution >= 0.6 is 11.3 Å². The van der Waals surface area contributed by atoms with E-state index < -0.39 is 0 Å². The summed E-state index contributed by atoms with van der Waals surface area (Å²) in [5, 5.41) is 2.87. The summed E-state index contributed by atoms with van der Waals surface area (Å²) >= 11 is 1.57. The molecule has 0 saturated carbocycles. The van der Waals surface area contributed by atoms with Crippen LogP contribution in [0.2, 0.25) is 0 Å². The highest BCUT2D eigenvalue weighted by atomic mass is 32.1. The van der Waals surface area contributed by atoms with Crippen molar-refractivity contribution in [1.29, 1.82) is 0 Å². The lowest BCUT2D eigenvalue weighted by Gasteiger charge is -2.06. The predicted molar refractivity (Wildman–Crippen MR) is 88.4 cm³/mol. The van der Waals surface area contributed by atoms with Crippen molar-refractivity contribution in [2.45, 2.75) is 20.8 Å². The Morgan fingerprint density at radius 1 is 1.14 bits per heavy atom. The van der Waals surface area contributed by atoms with Crippen molar-refractivity contribution in [2.75, 3.05) is 5.32 Å². The quantitative estimate of drug-likeness (QED) is 0.770. The minimum atomic E-state index is -0.266. The number of hydrogen-bond acceptors (Lipinski definition) is 4. The third-order valence-corrected chi connectivity index (χ3v) is 4.51. The minimum absolute atomic E-state index is 0.266. The molecule has 3 rings (SSSR count). The fourth-order valence-corrected chi connectivity index (χ4v) is 3.01. The number of thiophene rings is 1. The zero-order chi connectivity index (χ0) is 15.7. The molecule has 0 bridgehead atoms. The van der Waals surface area contributed by atoms with Gasteiger partial charge in [-0.25, -0.2) is 4.98 Å². The summed E-state index contributed by atoms with van der Waals surface area (Å²) in [4.78, 5) is 18.6. The predicted octanol–water partition coefficient (Wildman–Crippen LogP) is 4.58. The number of oxazole rings is 1. The number of rotatable bonds is 3. The zero-order valence-corrected chi connectivity index (χ0v) is 13.5. The van der Waals surface area contributed by atoms with Crippen LogP contribution in [0.1, 0.15) is 26.5 Å². The van der Waals surface area contributed by atoms with E-state index in [1.165, 1.54) is 12.0 Å². The molecular weight excluding hydrogens is 296 g/mol. The van der Waals surface area contributed by atoms with Gasteiger partial charge in [-0.2, -0.15) is 0 Å². The molecule has 1 amide bonds. The Morgan fingerprint density at radius 3 is 2.64 bits per heavy atom. The van der Waals surface area contributed by atoms with Crippen LogP contribution < -0.4 is 5.32 Å². The molecule has 0 fully saturated rings. The van der Waals surface area contributed by atoms with Crippen LogP contribution in [0.5, 0.6) is 0 Å². The maximum Gasteiger partial charge on any atom is 0.278 e. The first kappa shape index (κ1) is 14.5. The first-order valence-corrected chi connectivity index (χ1v) is 7.75. The van der Waals surface area contributed by atoms with Crippen LogP contribution in [-0.4, -0.2) is 10.9 Å². The van der Waals surface area contributed by atoms with Crippen LogP contribution in [0.15, 0.2) is 41.1 Å². The molecule has 0 aliphatic heterocycles. The highest BCUT2D eigenvalue weighted by Crippen LogP contribution is 2.30. The van der Waals surface area contributed by atoms with Gasteiger partial charge in [0.1, 0.15) is 0 Å². The summed E-state index contributed by atoms with van der Waals surface area (Å²) < 4.78 is 5.40. The summed E-state index contributed by atoms with van der Waals surface area (Å²) in [6.45, 7) is 6.07. The Balaban J connectivity index is 1.87. The first-order chi connectivity index (χ1) is 10.5. The molecule has 0 aliphatic carbocycles. The molecule has 0 saturated heterocycles. The lowest BCUT2D eigenvalue weighted by atomic mass is 10.1. The van der Waals surface area contributed by atoms with Crippen LogP contribution in [0, 0.1) is 20.8 Å². The number of carbonyl (C=O) groups is 1. The maximum absolute atomic E-state index is 12.4. The minimum Gasteiger partial charge on any atom is -0.442 e. The topological polar surface area (TPSA) is 55.1 Å². The molecule has 0 unspecified atom stereocenters. The standard InChI is InChI=1S/C17H16N2O2S/c1-10-4-6-13(8-11(10)2)19-17(20)15-16(21-9-18-15)14-7-5-12(3)22-14/h4-9H,1-3H3,(H,19,20). The number of aryl methyl sites for hydroxylation is 3. The second-order valence-corrected chi connectivity index (χ2v) is 6.48. The molecule has 0 aliphatic rings. The van der Waals surface area contributed by atoms with Gasteiger partial charge in [-0.15, -0.1) is 11.3 Å². The molecule has 112 valence electrons. The van der Waals surface area contributed by atoms with Crippen molar-refractivity contribution in [3.8, 4) is 10.6 Å². The van der Waals surface area contributed by atoms with Crippen molar-refractivity contribution in [2.24, 2.45) is 0 Å². The van der Waals surface area contributed by atoms with Crippen molar-refractivity contribution in [3.05, 3.63) is 58.4 Å². The van der Waals surface area contributed by atoms with E-state index in [4.69, 9.17) is 4.42 Å². The van der Waals surface area contributed by atoms with Crippen molar-refractivity contribution in [3.63, 3.8) is 0 Å². The van der Waals surface area contributed by atoms with Crippen LogP contribution in [-0.2, 0) is 0 Å². The molecule has 0 spiro atoms. The number of nitrogens with one attached hydrogen (secondary N) is 1. The number of hydrogen-bond donors (Lipinski definition) is 1. The molecule has 4 nitrogen and oxygen atoms in total. The molecule has 1 aromatic carbocycles. The molecular formula is C17H16N2O2S. The third kappa shape index (κ3) is 2.80. The Hall–Kier alpha value is -2.40. The number of benzene rings is 1. The fourth-order valence-electron chi connectivity index (χ4n) is 2.15. The highest BCUT2D eigenvalue weighted by molar-refractivity contribution is 7.15. The highest BCUT2D eigenvalue weighted by Gasteiger charge is 2.19. The van der Waals surface area contributed by atoms with E-state index in [9.17, 15) is 4.79 Å². The van der Waals surface area contributed by atoms with Gasteiger partial charge in [-0.05, 0) is 56.2 Å². The molecule has 3 aromatic rings. The van der Waals surface area contributed by atoms with Crippen molar-refractivity contribution < 1.29 is 9.21 Å². The number of anilines is 1. The normalized spacial score (nSPS) is 10.7. The molecule has 0 radical (unpaired) electrons. The van der Waals surface area contributed by atoms with Gasteiger partial charge in [0, 0.05) is 10.6 Å². The van der Waals surface area contributed by atoms with Crippen molar-refractivity contribution in [1.82, 2.24) is 4.98 Å². The number of amides is 1. The van der Waals surface area contributed by atoms with Gasteiger partial charge in [0.05, 0.1) is 4.88 Å². The lowest BCUT2D eigenvalue weighted by Crippen LogP contribution is -2.13. The van der Waals surface area contributed by atoms with Crippen molar-refractivity contribution >= 4 is 22.9 Å². The van der Waals surface area contributed by atoms with Gasteiger partial charge in [-0.1, -0.05) is 6.07 Å². The van der Waals surface area contributed by atoms with Gasteiger partial charge in [-0.3, -0.25) is 4.79 Å². The van der Waals surface area contributed by atoms with E-state index in [0.29, 0.717) is 11.5 Å².